The maximum absolute atomic E-state index is 13.0. The fourth-order valence-corrected chi connectivity index (χ4v) is 5.85. The second-order valence-electron chi connectivity index (χ2n) is 8.50. The van der Waals surface area contributed by atoms with Crippen molar-refractivity contribution in [3.63, 3.8) is 0 Å². The summed E-state index contributed by atoms with van der Waals surface area (Å²) < 4.78 is 5.52. The number of carbonyl (C=O) groups excluding carboxylic acids is 1. The van der Waals surface area contributed by atoms with E-state index in [0.29, 0.717) is 31.1 Å². The zero-order chi connectivity index (χ0) is 20.7. The number of nitrogens with one attached hydrogen (secondary N) is 1. The van der Waals surface area contributed by atoms with Crippen LogP contribution in [0.25, 0.3) is 0 Å². The van der Waals surface area contributed by atoms with Gasteiger partial charge in [-0.3, -0.25) is 14.5 Å². The van der Waals surface area contributed by atoms with E-state index in [1.54, 1.807) is 4.90 Å². The van der Waals surface area contributed by atoms with Crippen LogP contribution in [-0.2, 0) is 17.7 Å². The predicted octanol–water partition coefficient (Wildman–Crippen LogP) is 2.65. The summed E-state index contributed by atoms with van der Waals surface area (Å²) in [6, 6.07) is 4.52. The van der Waals surface area contributed by atoms with E-state index in [4.69, 9.17) is 9.72 Å². The molecule has 0 radical (unpaired) electrons. The molecule has 160 valence electrons. The van der Waals surface area contributed by atoms with Gasteiger partial charge in [-0.25, -0.2) is 4.98 Å². The largest absolute Gasteiger partial charge is 0.381 e. The Morgan fingerprint density at radius 2 is 2.07 bits per heavy atom. The minimum absolute atomic E-state index is 0.00344. The summed E-state index contributed by atoms with van der Waals surface area (Å²) in [4.78, 5) is 39.9. The smallest absolute Gasteiger partial charge is 0.264 e. The van der Waals surface area contributed by atoms with Crippen LogP contribution in [0, 0.1) is 6.92 Å². The maximum atomic E-state index is 13.0. The van der Waals surface area contributed by atoms with Crippen LogP contribution in [0.3, 0.4) is 0 Å². The number of H-pyrrole nitrogens is 1. The van der Waals surface area contributed by atoms with Crippen molar-refractivity contribution in [2.45, 2.75) is 57.7 Å². The number of hydrogen-bond donors (Lipinski definition) is 1. The summed E-state index contributed by atoms with van der Waals surface area (Å²) in [5.74, 6) is 0.806. The Bertz CT molecular complexity index is 995. The molecule has 2 saturated heterocycles. The lowest BCUT2D eigenvalue weighted by Crippen LogP contribution is -2.42. The molecular weight excluding hydrogens is 400 g/mol. The van der Waals surface area contributed by atoms with Crippen molar-refractivity contribution in [2.75, 3.05) is 26.3 Å². The number of rotatable bonds is 3. The van der Waals surface area contributed by atoms with Gasteiger partial charge < -0.3 is 14.6 Å². The van der Waals surface area contributed by atoms with Crippen molar-refractivity contribution in [3.8, 4) is 0 Å². The van der Waals surface area contributed by atoms with Crippen LogP contribution in [-0.4, -0.2) is 58.0 Å². The maximum Gasteiger partial charge on any atom is 0.264 e. The first-order chi connectivity index (χ1) is 14.6. The number of aromatic nitrogens is 2. The molecule has 1 amide bonds. The molecule has 0 unspecified atom stereocenters. The molecule has 0 spiro atoms. The number of fused-ring (bicyclic) bond motifs is 1. The Morgan fingerprint density at radius 1 is 1.23 bits per heavy atom. The lowest BCUT2D eigenvalue weighted by atomic mass is 10.0. The van der Waals surface area contributed by atoms with Gasteiger partial charge in [0.25, 0.3) is 11.5 Å². The van der Waals surface area contributed by atoms with E-state index in [2.05, 4.69) is 9.88 Å². The minimum Gasteiger partial charge on any atom is -0.381 e. The number of nitrogens with zero attached hydrogens (tertiary/aromatic N) is 3. The van der Waals surface area contributed by atoms with Crippen molar-refractivity contribution < 1.29 is 9.53 Å². The summed E-state index contributed by atoms with van der Waals surface area (Å²) in [5.41, 5.74) is 1.41. The molecule has 0 aliphatic carbocycles. The number of ether oxygens (including phenoxy) is 1. The zero-order valence-corrected chi connectivity index (χ0v) is 18.2. The Hall–Kier alpha value is -2.03. The summed E-state index contributed by atoms with van der Waals surface area (Å²) in [5, 5.41) is 0. The lowest BCUT2D eigenvalue weighted by Gasteiger charge is -2.35. The fraction of sp³-hybridized carbons (Fsp3) is 0.591. The monoisotopic (exact) mass is 428 g/mol. The first-order valence-electron chi connectivity index (χ1n) is 10.9. The Morgan fingerprint density at radius 3 is 2.83 bits per heavy atom. The molecule has 2 aromatic rings. The SMILES string of the molecule is Cc1ccc(C(=O)N2CCc3nc([C@H]4CCCN4C4CCOCC4)[nH]c(=O)c3C2)s1. The van der Waals surface area contributed by atoms with Gasteiger partial charge in [0.05, 0.1) is 28.7 Å². The van der Waals surface area contributed by atoms with Gasteiger partial charge in [0, 0.05) is 37.1 Å². The average molecular weight is 429 g/mol. The average Bonchev–Trinajstić information content (AvgIpc) is 3.43. The van der Waals surface area contributed by atoms with Gasteiger partial charge in [0.15, 0.2) is 0 Å². The van der Waals surface area contributed by atoms with Crippen molar-refractivity contribution in [3.05, 3.63) is 49.3 Å². The normalized spacial score (nSPS) is 23.0. The minimum atomic E-state index is -0.0892. The van der Waals surface area contributed by atoms with Crippen LogP contribution in [0.15, 0.2) is 16.9 Å². The third kappa shape index (κ3) is 3.72. The molecule has 8 heteroatoms. The van der Waals surface area contributed by atoms with Gasteiger partial charge in [-0.05, 0) is 51.3 Å². The van der Waals surface area contributed by atoms with Gasteiger partial charge in [0.1, 0.15) is 5.82 Å². The molecule has 2 aromatic heterocycles. The predicted molar refractivity (Wildman–Crippen MR) is 115 cm³/mol. The van der Waals surface area contributed by atoms with Crippen LogP contribution in [0.1, 0.15) is 63.4 Å². The summed E-state index contributed by atoms with van der Waals surface area (Å²) >= 11 is 1.50. The van der Waals surface area contributed by atoms with Crippen LogP contribution < -0.4 is 5.56 Å². The van der Waals surface area contributed by atoms with E-state index in [-0.39, 0.29) is 17.5 Å². The molecular formula is C22H28N4O3S. The number of likely N-dealkylation sites (tertiary alicyclic amines) is 1. The molecule has 3 aliphatic rings. The van der Waals surface area contributed by atoms with Crippen LogP contribution in [0.5, 0.6) is 0 Å². The Balaban J connectivity index is 1.37. The highest BCUT2D eigenvalue weighted by Crippen LogP contribution is 2.34. The number of aromatic amines is 1. The van der Waals surface area contributed by atoms with Crippen molar-refractivity contribution in [1.82, 2.24) is 19.8 Å². The fourth-order valence-electron chi connectivity index (χ4n) is 5.02. The van der Waals surface area contributed by atoms with E-state index in [0.717, 1.165) is 66.7 Å². The molecule has 2 fully saturated rings. The highest BCUT2D eigenvalue weighted by molar-refractivity contribution is 7.13. The second-order valence-corrected chi connectivity index (χ2v) is 9.79. The third-order valence-electron chi connectivity index (χ3n) is 6.59. The molecule has 30 heavy (non-hydrogen) atoms. The first kappa shape index (κ1) is 19.9. The molecule has 0 aromatic carbocycles. The number of amides is 1. The van der Waals surface area contributed by atoms with Gasteiger partial charge in [-0.15, -0.1) is 11.3 Å². The van der Waals surface area contributed by atoms with Crippen LogP contribution in [0.2, 0.25) is 0 Å². The highest BCUT2D eigenvalue weighted by atomic mass is 32.1. The molecule has 5 heterocycles. The quantitative estimate of drug-likeness (QED) is 0.813. The first-order valence-corrected chi connectivity index (χ1v) is 11.7. The molecule has 3 aliphatic heterocycles. The Kier molecular flexibility index (Phi) is 5.47. The van der Waals surface area contributed by atoms with Gasteiger partial charge in [-0.2, -0.15) is 0 Å². The number of thiophene rings is 1. The molecule has 1 atom stereocenters. The van der Waals surface area contributed by atoms with Crippen molar-refractivity contribution >= 4 is 17.2 Å². The van der Waals surface area contributed by atoms with Crippen molar-refractivity contribution in [2.24, 2.45) is 0 Å². The van der Waals surface area contributed by atoms with E-state index >= 15 is 0 Å². The molecule has 5 rings (SSSR count). The summed E-state index contributed by atoms with van der Waals surface area (Å²) in [7, 11) is 0. The molecule has 0 saturated carbocycles. The van der Waals surface area contributed by atoms with E-state index in [1.807, 2.05) is 19.1 Å². The van der Waals surface area contributed by atoms with Crippen LogP contribution >= 0.6 is 11.3 Å². The lowest BCUT2D eigenvalue weighted by molar-refractivity contribution is 0.0277. The van der Waals surface area contributed by atoms with E-state index in [9.17, 15) is 9.59 Å². The summed E-state index contributed by atoms with van der Waals surface area (Å²) in [6.07, 6.45) is 4.88. The van der Waals surface area contributed by atoms with Gasteiger partial charge in [-0.1, -0.05) is 0 Å². The highest BCUT2D eigenvalue weighted by Gasteiger charge is 2.35. The topological polar surface area (TPSA) is 78.5 Å². The second kappa shape index (κ2) is 8.24. The van der Waals surface area contributed by atoms with E-state index < -0.39 is 0 Å². The summed E-state index contributed by atoms with van der Waals surface area (Å²) in [6.45, 7) is 5.62. The Labute approximate surface area is 180 Å². The van der Waals surface area contributed by atoms with Crippen LogP contribution in [0.4, 0.5) is 0 Å². The van der Waals surface area contributed by atoms with Crippen molar-refractivity contribution in [1.29, 1.82) is 0 Å². The van der Waals surface area contributed by atoms with Gasteiger partial charge in [0.2, 0.25) is 0 Å². The zero-order valence-electron chi connectivity index (χ0n) is 17.4. The van der Waals surface area contributed by atoms with E-state index in [1.165, 1.54) is 11.3 Å². The molecule has 7 nitrogen and oxygen atoms in total. The molecule has 1 N–H and O–H groups in total. The number of hydrogen-bond acceptors (Lipinski definition) is 6. The number of aryl methyl sites for hydroxylation is 1. The number of carbonyl (C=O) groups is 1. The standard InChI is InChI=1S/C22H28N4O3S/c1-14-4-5-19(30-14)22(28)25-10-6-17-16(13-25)21(27)24-20(23-17)18-3-2-9-26(18)15-7-11-29-12-8-15/h4-5,15,18H,2-3,6-13H2,1H3,(H,23,24,27)/t18-/m1/s1. The molecule has 0 bridgehead atoms. The van der Waals surface area contributed by atoms with Gasteiger partial charge >= 0.3 is 0 Å². The third-order valence-corrected chi connectivity index (χ3v) is 7.58.